The van der Waals surface area contributed by atoms with E-state index in [1.165, 1.54) is 0 Å². The van der Waals surface area contributed by atoms with Gasteiger partial charge in [0.2, 0.25) is 0 Å². The molecule has 0 N–H and O–H groups in total. The van der Waals surface area contributed by atoms with E-state index in [4.69, 9.17) is 0 Å². The number of esters is 1. The smallest absolute Gasteiger partial charge is 0.416 e. The molecule has 0 atom stereocenters. The number of ether oxygens (including phenoxy) is 1. The van der Waals surface area contributed by atoms with Gasteiger partial charge in [-0.1, -0.05) is 11.8 Å². The van der Waals surface area contributed by atoms with Gasteiger partial charge in [0.15, 0.2) is 0 Å². The van der Waals surface area contributed by atoms with E-state index in [0.717, 1.165) is 13.2 Å². The zero-order valence-electron chi connectivity index (χ0n) is 8.92. The number of carbonyl (C=O) groups is 1. The summed E-state index contributed by atoms with van der Waals surface area (Å²) in [7, 11) is 0.989. The molecule has 100 valence electrons. The highest BCUT2D eigenvalue weighted by Gasteiger charge is 2.32. The molecule has 0 amide bonds. The molecule has 0 fully saturated rings. The minimum Gasteiger partial charge on any atom is -0.465 e. The third kappa shape index (κ3) is 3.86. The van der Waals surface area contributed by atoms with Crippen LogP contribution in [0.5, 0.6) is 0 Å². The van der Waals surface area contributed by atoms with Crippen LogP contribution in [0.25, 0.3) is 0 Å². The molecule has 2 nitrogen and oxygen atoms in total. The first kappa shape index (κ1) is 14.7. The first-order valence-electron chi connectivity index (χ1n) is 4.49. The fraction of sp³-hybridized carbons (Fsp3) is 0.300. The summed E-state index contributed by atoms with van der Waals surface area (Å²) in [6.07, 6.45) is -4.72. The van der Waals surface area contributed by atoms with Crippen molar-refractivity contribution >= 4 is 17.7 Å². The summed E-state index contributed by atoms with van der Waals surface area (Å²) in [4.78, 5) is 10.8. The Morgan fingerprint density at radius 1 is 1.28 bits per heavy atom. The van der Waals surface area contributed by atoms with Gasteiger partial charge in [-0.2, -0.15) is 22.0 Å². The number of hydrogen-bond acceptors (Lipinski definition) is 3. The van der Waals surface area contributed by atoms with Crippen LogP contribution in [0, 0.1) is 0 Å². The molecule has 0 aliphatic rings. The molecule has 0 aliphatic carbocycles. The van der Waals surface area contributed by atoms with Gasteiger partial charge in [0, 0.05) is 4.90 Å². The van der Waals surface area contributed by atoms with Crippen molar-refractivity contribution in [2.24, 2.45) is 0 Å². The molecule has 0 radical (unpaired) electrons. The minimum absolute atomic E-state index is 0.0703. The average Bonchev–Trinajstić information content (AvgIpc) is 2.25. The number of benzene rings is 1. The molecule has 0 aromatic heterocycles. The van der Waals surface area contributed by atoms with Crippen molar-refractivity contribution in [2.45, 2.75) is 16.8 Å². The normalized spacial score (nSPS) is 11.7. The van der Waals surface area contributed by atoms with E-state index >= 15 is 0 Å². The molecule has 1 aromatic rings. The van der Waals surface area contributed by atoms with Crippen LogP contribution in [0.3, 0.4) is 0 Å². The van der Waals surface area contributed by atoms with Crippen molar-refractivity contribution in [1.29, 1.82) is 0 Å². The number of hydrogen-bond donors (Lipinski definition) is 0. The van der Waals surface area contributed by atoms with Crippen LogP contribution in [0.4, 0.5) is 22.0 Å². The van der Waals surface area contributed by atoms with Crippen LogP contribution < -0.4 is 0 Å². The highest BCUT2D eigenvalue weighted by atomic mass is 32.2. The summed E-state index contributed by atoms with van der Waals surface area (Å²) in [5.41, 5.74) is -1.59. The van der Waals surface area contributed by atoms with Crippen molar-refractivity contribution in [3.05, 3.63) is 29.3 Å². The maximum absolute atomic E-state index is 12.5. The van der Waals surface area contributed by atoms with E-state index in [1.54, 1.807) is 0 Å². The zero-order chi connectivity index (χ0) is 13.9. The molecule has 0 saturated heterocycles. The lowest BCUT2D eigenvalue weighted by atomic mass is 10.1. The summed E-state index contributed by atoms with van der Waals surface area (Å²) in [6, 6.07) is 2.04. The van der Waals surface area contributed by atoms with E-state index < -0.39 is 29.0 Å². The third-order valence-electron chi connectivity index (χ3n) is 1.88. The number of thioether (sulfide) groups is 1. The second-order valence-corrected chi connectivity index (χ2v) is 4.18. The van der Waals surface area contributed by atoms with Gasteiger partial charge in [-0.15, -0.1) is 0 Å². The molecule has 0 spiro atoms. The lowest BCUT2D eigenvalue weighted by Gasteiger charge is -2.10. The highest BCUT2D eigenvalue weighted by Crippen LogP contribution is 2.34. The Morgan fingerprint density at radius 2 is 1.89 bits per heavy atom. The topological polar surface area (TPSA) is 26.3 Å². The van der Waals surface area contributed by atoms with E-state index in [2.05, 4.69) is 4.74 Å². The zero-order valence-corrected chi connectivity index (χ0v) is 9.74. The van der Waals surface area contributed by atoms with E-state index in [0.29, 0.717) is 12.1 Å². The van der Waals surface area contributed by atoms with Crippen molar-refractivity contribution in [3.63, 3.8) is 0 Å². The quantitative estimate of drug-likeness (QED) is 0.480. The molecular formula is C10H7F5O2S. The van der Waals surface area contributed by atoms with Crippen LogP contribution >= 0.6 is 11.8 Å². The Hall–Kier alpha value is -1.31. The predicted octanol–water partition coefficient (Wildman–Crippen LogP) is 3.81. The van der Waals surface area contributed by atoms with Crippen LogP contribution in [-0.4, -0.2) is 18.8 Å². The molecule has 8 heteroatoms. The molecule has 1 aromatic carbocycles. The molecule has 0 bridgehead atoms. The molecule has 0 saturated carbocycles. The SMILES string of the molecule is COC(=O)c1cc(SC(F)F)cc(C(F)(F)F)c1. The lowest BCUT2D eigenvalue weighted by Crippen LogP contribution is -2.09. The fourth-order valence-corrected chi connectivity index (χ4v) is 1.77. The van der Waals surface area contributed by atoms with Crippen molar-refractivity contribution in [1.82, 2.24) is 0 Å². The average molecular weight is 286 g/mol. The van der Waals surface area contributed by atoms with Gasteiger partial charge in [-0.05, 0) is 18.2 Å². The van der Waals surface area contributed by atoms with Crippen LogP contribution in [0.2, 0.25) is 0 Å². The largest absolute Gasteiger partial charge is 0.465 e. The van der Waals surface area contributed by atoms with E-state index in [9.17, 15) is 26.7 Å². The Bertz CT molecular complexity index is 444. The van der Waals surface area contributed by atoms with Gasteiger partial charge in [-0.3, -0.25) is 0 Å². The van der Waals surface area contributed by atoms with Gasteiger partial charge in [0.25, 0.3) is 5.76 Å². The maximum atomic E-state index is 12.5. The summed E-state index contributed by atoms with van der Waals surface area (Å²) < 4.78 is 66.0. The predicted molar refractivity (Wildman–Crippen MR) is 54.6 cm³/mol. The first-order chi connectivity index (χ1) is 8.24. The summed E-state index contributed by atoms with van der Waals surface area (Å²) >= 11 is -0.0703. The molecule has 0 unspecified atom stereocenters. The van der Waals surface area contributed by atoms with Gasteiger partial charge in [-0.25, -0.2) is 4.79 Å². The Kier molecular flexibility index (Phi) is 4.55. The Morgan fingerprint density at radius 3 is 2.33 bits per heavy atom. The van der Waals surface area contributed by atoms with Gasteiger partial charge in [0.1, 0.15) is 0 Å². The minimum atomic E-state index is -4.72. The number of halogens is 5. The van der Waals surface area contributed by atoms with Crippen molar-refractivity contribution in [2.75, 3.05) is 7.11 Å². The summed E-state index contributed by atoms with van der Waals surface area (Å²) in [5.74, 6) is -3.89. The second-order valence-electron chi connectivity index (χ2n) is 3.11. The molecule has 0 aliphatic heterocycles. The first-order valence-corrected chi connectivity index (χ1v) is 5.37. The number of alkyl halides is 5. The Balaban J connectivity index is 3.24. The number of methoxy groups -OCH3 is 1. The number of carbonyl (C=O) groups excluding carboxylic acids is 1. The molecule has 18 heavy (non-hydrogen) atoms. The standard InChI is InChI=1S/C10H7F5O2S/c1-17-8(16)5-2-6(10(13,14)15)4-7(3-5)18-9(11)12/h2-4,9H,1H3. The summed E-state index contributed by atoms with van der Waals surface area (Å²) in [5, 5.41) is 0. The van der Waals surface area contributed by atoms with Gasteiger partial charge >= 0.3 is 12.1 Å². The maximum Gasteiger partial charge on any atom is 0.416 e. The van der Waals surface area contributed by atoms with Crippen LogP contribution in [0.1, 0.15) is 15.9 Å². The van der Waals surface area contributed by atoms with Crippen LogP contribution in [0.15, 0.2) is 23.1 Å². The van der Waals surface area contributed by atoms with Gasteiger partial charge < -0.3 is 4.74 Å². The summed E-state index contributed by atoms with van der Waals surface area (Å²) in [6.45, 7) is 0. The third-order valence-corrected chi connectivity index (χ3v) is 2.57. The number of rotatable bonds is 3. The fourth-order valence-electron chi connectivity index (χ4n) is 1.17. The second kappa shape index (κ2) is 5.55. The Labute approximate surface area is 103 Å². The lowest BCUT2D eigenvalue weighted by molar-refractivity contribution is -0.137. The molecular weight excluding hydrogens is 279 g/mol. The highest BCUT2D eigenvalue weighted by molar-refractivity contribution is 7.99. The van der Waals surface area contributed by atoms with E-state index in [1.807, 2.05) is 0 Å². The van der Waals surface area contributed by atoms with Crippen molar-refractivity contribution < 1.29 is 31.5 Å². The van der Waals surface area contributed by atoms with Gasteiger partial charge in [0.05, 0.1) is 18.2 Å². The van der Waals surface area contributed by atoms with E-state index in [-0.39, 0.29) is 16.7 Å². The van der Waals surface area contributed by atoms with Crippen molar-refractivity contribution in [3.8, 4) is 0 Å². The molecule has 0 heterocycles. The molecule has 1 rings (SSSR count). The van der Waals surface area contributed by atoms with Crippen LogP contribution in [-0.2, 0) is 10.9 Å². The monoisotopic (exact) mass is 286 g/mol.